The first-order valence-corrected chi connectivity index (χ1v) is 9.75. The molecule has 1 fully saturated rings. The Hall–Kier alpha value is -3.09. The van der Waals surface area contributed by atoms with Crippen molar-refractivity contribution in [2.24, 2.45) is 0 Å². The van der Waals surface area contributed by atoms with E-state index in [1.807, 2.05) is 18.2 Å². The molecule has 1 saturated carbocycles. The SMILES string of the molecule is C[C@H](Oc1ccccc1)C(=O)N[C@H]1CCC[C@@H](OC(=O)Nc2ccc(F)cc2)C1. The van der Waals surface area contributed by atoms with Gasteiger partial charge in [0.25, 0.3) is 5.91 Å². The Morgan fingerprint density at radius 1 is 1.07 bits per heavy atom. The van der Waals surface area contributed by atoms with Gasteiger partial charge in [0.05, 0.1) is 0 Å². The zero-order valence-corrected chi connectivity index (χ0v) is 16.3. The van der Waals surface area contributed by atoms with Gasteiger partial charge in [-0.1, -0.05) is 18.2 Å². The van der Waals surface area contributed by atoms with Gasteiger partial charge >= 0.3 is 6.09 Å². The zero-order chi connectivity index (χ0) is 20.6. The third kappa shape index (κ3) is 6.48. The summed E-state index contributed by atoms with van der Waals surface area (Å²) in [6.45, 7) is 1.70. The van der Waals surface area contributed by atoms with Crippen molar-refractivity contribution in [2.75, 3.05) is 5.32 Å². The summed E-state index contributed by atoms with van der Waals surface area (Å²) >= 11 is 0. The summed E-state index contributed by atoms with van der Waals surface area (Å²) in [5.74, 6) is 0.0630. The van der Waals surface area contributed by atoms with E-state index in [1.165, 1.54) is 24.3 Å². The average Bonchev–Trinajstić information content (AvgIpc) is 2.70. The molecule has 0 aliphatic heterocycles. The summed E-state index contributed by atoms with van der Waals surface area (Å²) in [5, 5.41) is 5.56. The molecule has 0 aromatic heterocycles. The number of rotatable bonds is 6. The number of carbonyl (C=O) groups excluding carboxylic acids is 2. The standard InChI is InChI=1S/C22H25FN2O4/c1-15(28-19-7-3-2-4-8-19)21(26)24-18-6-5-9-20(14-18)29-22(27)25-17-12-10-16(23)11-13-17/h2-4,7-8,10-13,15,18,20H,5-6,9,14H2,1H3,(H,24,26)(H,25,27)/t15-,18-,20+/m0/s1. The molecule has 1 aliphatic rings. The lowest BCUT2D eigenvalue weighted by atomic mass is 9.92. The molecule has 0 bridgehead atoms. The minimum absolute atomic E-state index is 0.0818. The van der Waals surface area contributed by atoms with E-state index in [0.717, 1.165) is 19.3 Å². The molecule has 3 rings (SSSR count). The van der Waals surface area contributed by atoms with Crippen LogP contribution in [-0.2, 0) is 9.53 Å². The molecule has 0 spiro atoms. The van der Waals surface area contributed by atoms with E-state index in [-0.39, 0.29) is 23.9 Å². The monoisotopic (exact) mass is 400 g/mol. The highest BCUT2D eigenvalue weighted by Gasteiger charge is 2.27. The van der Waals surface area contributed by atoms with Gasteiger partial charge in [0, 0.05) is 18.2 Å². The molecule has 7 heteroatoms. The average molecular weight is 400 g/mol. The van der Waals surface area contributed by atoms with Gasteiger partial charge in [-0.25, -0.2) is 9.18 Å². The number of hydrogen-bond acceptors (Lipinski definition) is 4. The van der Waals surface area contributed by atoms with E-state index >= 15 is 0 Å². The van der Waals surface area contributed by atoms with Gasteiger partial charge < -0.3 is 14.8 Å². The summed E-state index contributed by atoms with van der Waals surface area (Å²) in [7, 11) is 0. The molecule has 29 heavy (non-hydrogen) atoms. The van der Waals surface area contributed by atoms with Crippen LogP contribution in [0.3, 0.4) is 0 Å². The Balaban J connectivity index is 1.45. The second-order valence-electron chi connectivity index (χ2n) is 7.10. The highest BCUT2D eigenvalue weighted by atomic mass is 19.1. The third-order valence-corrected chi connectivity index (χ3v) is 4.76. The van der Waals surface area contributed by atoms with E-state index in [9.17, 15) is 14.0 Å². The van der Waals surface area contributed by atoms with Crippen molar-refractivity contribution in [1.82, 2.24) is 5.32 Å². The van der Waals surface area contributed by atoms with Crippen LogP contribution in [0, 0.1) is 5.82 Å². The number of anilines is 1. The smallest absolute Gasteiger partial charge is 0.411 e. The number of hydrogen-bond donors (Lipinski definition) is 2. The number of halogens is 1. The van der Waals surface area contributed by atoms with Crippen LogP contribution >= 0.6 is 0 Å². The fourth-order valence-electron chi connectivity index (χ4n) is 3.29. The fraction of sp³-hybridized carbons (Fsp3) is 0.364. The Morgan fingerprint density at radius 3 is 2.52 bits per heavy atom. The second-order valence-corrected chi connectivity index (χ2v) is 7.10. The Kier molecular flexibility index (Phi) is 7.05. The molecular formula is C22H25FN2O4. The van der Waals surface area contributed by atoms with Crippen LogP contribution in [0.5, 0.6) is 5.75 Å². The summed E-state index contributed by atoms with van der Waals surface area (Å²) in [5.41, 5.74) is 0.462. The van der Waals surface area contributed by atoms with Gasteiger partial charge in [0.15, 0.2) is 6.10 Å². The summed E-state index contributed by atoms with van der Waals surface area (Å²) in [6.07, 6.45) is 1.44. The van der Waals surface area contributed by atoms with Crippen molar-refractivity contribution in [2.45, 2.75) is 50.9 Å². The molecule has 0 radical (unpaired) electrons. The van der Waals surface area contributed by atoms with Crippen LogP contribution in [0.4, 0.5) is 14.9 Å². The molecule has 3 atom stereocenters. The van der Waals surface area contributed by atoms with Crippen LogP contribution in [0.15, 0.2) is 54.6 Å². The van der Waals surface area contributed by atoms with E-state index in [4.69, 9.17) is 9.47 Å². The lowest BCUT2D eigenvalue weighted by Crippen LogP contribution is -2.46. The van der Waals surface area contributed by atoms with Crippen LogP contribution in [0.2, 0.25) is 0 Å². The highest BCUT2D eigenvalue weighted by Crippen LogP contribution is 2.22. The van der Waals surface area contributed by atoms with Crippen LogP contribution in [0.1, 0.15) is 32.6 Å². The molecule has 2 aromatic carbocycles. The number of carbonyl (C=O) groups is 2. The molecule has 2 amide bonds. The van der Waals surface area contributed by atoms with Gasteiger partial charge in [-0.15, -0.1) is 0 Å². The van der Waals surface area contributed by atoms with Crippen molar-refractivity contribution >= 4 is 17.7 Å². The largest absolute Gasteiger partial charge is 0.481 e. The first kappa shape index (κ1) is 20.6. The zero-order valence-electron chi connectivity index (χ0n) is 16.3. The topological polar surface area (TPSA) is 76.7 Å². The van der Waals surface area contributed by atoms with Gasteiger partial charge in [-0.05, 0) is 62.6 Å². The number of benzene rings is 2. The lowest BCUT2D eigenvalue weighted by molar-refractivity contribution is -0.128. The van der Waals surface area contributed by atoms with E-state index in [1.54, 1.807) is 19.1 Å². The Labute approximate surface area is 169 Å². The summed E-state index contributed by atoms with van der Waals surface area (Å²) in [4.78, 5) is 24.5. The second kappa shape index (κ2) is 9.91. The number of amides is 2. The number of nitrogens with one attached hydrogen (secondary N) is 2. The third-order valence-electron chi connectivity index (χ3n) is 4.76. The maximum atomic E-state index is 12.9. The van der Waals surface area contributed by atoms with Crippen molar-refractivity contribution in [3.63, 3.8) is 0 Å². The van der Waals surface area contributed by atoms with Crippen molar-refractivity contribution in [3.8, 4) is 5.75 Å². The van der Waals surface area contributed by atoms with Gasteiger partial charge in [-0.2, -0.15) is 0 Å². The van der Waals surface area contributed by atoms with Crippen LogP contribution in [0.25, 0.3) is 0 Å². The molecule has 2 aromatic rings. The minimum atomic E-state index is -0.625. The fourth-order valence-corrected chi connectivity index (χ4v) is 3.29. The lowest BCUT2D eigenvalue weighted by Gasteiger charge is -2.30. The summed E-state index contributed by atoms with van der Waals surface area (Å²) in [6, 6.07) is 14.6. The maximum absolute atomic E-state index is 12.9. The Bertz CT molecular complexity index is 813. The van der Waals surface area contributed by atoms with E-state index in [0.29, 0.717) is 17.9 Å². The van der Waals surface area contributed by atoms with Crippen molar-refractivity contribution in [1.29, 1.82) is 0 Å². The minimum Gasteiger partial charge on any atom is -0.481 e. The van der Waals surface area contributed by atoms with Gasteiger partial charge in [0.2, 0.25) is 0 Å². The van der Waals surface area contributed by atoms with Crippen LogP contribution in [-0.4, -0.2) is 30.3 Å². The van der Waals surface area contributed by atoms with Crippen LogP contribution < -0.4 is 15.4 Å². The molecule has 2 N–H and O–H groups in total. The molecule has 154 valence electrons. The van der Waals surface area contributed by atoms with Gasteiger partial charge in [0.1, 0.15) is 17.7 Å². The van der Waals surface area contributed by atoms with E-state index in [2.05, 4.69) is 10.6 Å². The molecule has 0 saturated heterocycles. The predicted octanol–water partition coefficient (Wildman–Crippen LogP) is 4.27. The molecule has 0 heterocycles. The maximum Gasteiger partial charge on any atom is 0.411 e. The van der Waals surface area contributed by atoms with E-state index < -0.39 is 12.2 Å². The molecular weight excluding hydrogens is 375 g/mol. The molecule has 1 aliphatic carbocycles. The first-order valence-electron chi connectivity index (χ1n) is 9.75. The highest BCUT2D eigenvalue weighted by molar-refractivity contribution is 5.84. The first-order chi connectivity index (χ1) is 14.0. The van der Waals surface area contributed by atoms with Crippen molar-refractivity contribution in [3.05, 3.63) is 60.4 Å². The molecule has 0 unspecified atom stereocenters. The quantitative estimate of drug-likeness (QED) is 0.759. The molecule has 6 nitrogen and oxygen atoms in total. The predicted molar refractivity (Wildman–Crippen MR) is 107 cm³/mol. The normalized spacial score (nSPS) is 19.7. The van der Waals surface area contributed by atoms with Crippen molar-refractivity contribution < 1.29 is 23.5 Å². The number of para-hydroxylation sites is 1. The summed E-state index contributed by atoms with van der Waals surface area (Å²) < 4.78 is 24.1. The number of ether oxygens (including phenoxy) is 2. The Morgan fingerprint density at radius 2 is 1.79 bits per heavy atom. The van der Waals surface area contributed by atoms with Gasteiger partial charge in [-0.3, -0.25) is 10.1 Å².